The molecule has 0 radical (unpaired) electrons. The molecule has 114 valence electrons. The lowest BCUT2D eigenvalue weighted by molar-refractivity contribution is 0.0634. The van der Waals surface area contributed by atoms with Gasteiger partial charge in [0.25, 0.3) is 5.91 Å². The van der Waals surface area contributed by atoms with Gasteiger partial charge in [0.1, 0.15) is 0 Å². The summed E-state index contributed by atoms with van der Waals surface area (Å²) in [5.74, 6) is 0.381. The van der Waals surface area contributed by atoms with Crippen LogP contribution in [0.1, 0.15) is 57.9 Å². The summed E-state index contributed by atoms with van der Waals surface area (Å²) in [6.07, 6.45) is 3.63. The van der Waals surface area contributed by atoms with Gasteiger partial charge in [0, 0.05) is 25.3 Å². The average Bonchev–Trinajstić information content (AvgIpc) is 2.79. The van der Waals surface area contributed by atoms with Gasteiger partial charge in [-0.25, -0.2) is 0 Å². The van der Waals surface area contributed by atoms with Gasteiger partial charge in [-0.1, -0.05) is 27.7 Å². The first-order valence-corrected chi connectivity index (χ1v) is 7.58. The lowest BCUT2D eigenvalue weighted by atomic mass is 10.1. The molecule has 0 aliphatic heterocycles. The first-order chi connectivity index (χ1) is 9.44. The van der Waals surface area contributed by atoms with Crippen LogP contribution in [0.5, 0.6) is 0 Å². The van der Waals surface area contributed by atoms with Crippen LogP contribution in [-0.4, -0.2) is 33.2 Å². The molecule has 0 spiro atoms. The highest BCUT2D eigenvalue weighted by molar-refractivity contribution is 5.97. The van der Waals surface area contributed by atoms with E-state index >= 15 is 0 Å². The molecule has 0 saturated carbocycles. The zero-order chi connectivity index (χ0) is 15.3. The summed E-state index contributed by atoms with van der Waals surface area (Å²) < 4.78 is 1.71. The molecule has 5 nitrogen and oxygen atoms in total. The fourth-order valence-corrected chi connectivity index (χ4v) is 2.42. The molecule has 0 aliphatic carbocycles. The van der Waals surface area contributed by atoms with Crippen LogP contribution in [0, 0.1) is 5.92 Å². The van der Waals surface area contributed by atoms with E-state index in [0.29, 0.717) is 23.8 Å². The second kappa shape index (κ2) is 7.31. The van der Waals surface area contributed by atoms with Crippen LogP contribution >= 0.6 is 0 Å². The Morgan fingerprint density at radius 2 is 1.95 bits per heavy atom. The largest absolute Gasteiger partial charge is 0.396 e. The van der Waals surface area contributed by atoms with E-state index < -0.39 is 0 Å². The maximum atomic E-state index is 12.8. The van der Waals surface area contributed by atoms with Crippen LogP contribution < -0.4 is 5.73 Å². The van der Waals surface area contributed by atoms with Crippen LogP contribution in [0.3, 0.4) is 0 Å². The topological polar surface area (TPSA) is 64.2 Å². The predicted molar refractivity (Wildman–Crippen MR) is 82.6 cm³/mol. The Balaban J connectivity index is 3.05. The van der Waals surface area contributed by atoms with Crippen LogP contribution in [0.15, 0.2) is 6.20 Å². The van der Waals surface area contributed by atoms with E-state index in [1.165, 1.54) is 0 Å². The number of aryl methyl sites for hydroxylation is 1. The van der Waals surface area contributed by atoms with Crippen LogP contribution in [0.4, 0.5) is 5.69 Å². The van der Waals surface area contributed by atoms with Crippen molar-refractivity contribution in [3.8, 4) is 0 Å². The number of carbonyl (C=O) groups excluding carboxylic acids is 1. The molecule has 0 bridgehead atoms. The third-order valence-corrected chi connectivity index (χ3v) is 3.52. The number of nitrogens with zero attached hydrogens (tertiary/aromatic N) is 3. The Morgan fingerprint density at radius 3 is 2.35 bits per heavy atom. The zero-order valence-corrected chi connectivity index (χ0v) is 13.4. The smallest absolute Gasteiger partial charge is 0.276 e. The average molecular weight is 280 g/mol. The highest BCUT2D eigenvalue weighted by Crippen LogP contribution is 2.18. The molecule has 1 aromatic heterocycles. The molecule has 0 saturated heterocycles. The second-order valence-electron chi connectivity index (χ2n) is 5.61. The number of carbonyl (C=O) groups is 1. The maximum Gasteiger partial charge on any atom is 0.276 e. The molecule has 2 N–H and O–H groups in total. The van der Waals surface area contributed by atoms with Crippen molar-refractivity contribution in [2.75, 3.05) is 12.3 Å². The van der Waals surface area contributed by atoms with E-state index in [1.54, 1.807) is 10.9 Å². The third kappa shape index (κ3) is 3.74. The molecule has 1 amide bonds. The molecule has 20 heavy (non-hydrogen) atoms. The van der Waals surface area contributed by atoms with Crippen molar-refractivity contribution in [2.24, 2.45) is 5.92 Å². The van der Waals surface area contributed by atoms with Crippen molar-refractivity contribution in [2.45, 2.75) is 60.0 Å². The first kappa shape index (κ1) is 16.5. The minimum Gasteiger partial charge on any atom is -0.396 e. The molecule has 0 aromatic carbocycles. The molecule has 1 heterocycles. The molecule has 5 heteroatoms. The Labute approximate surface area is 122 Å². The molecule has 1 aromatic rings. The van der Waals surface area contributed by atoms with Crippen molar-refractivity contribution >= 4 is 11.6 Å². The molecule has 0 fully saturated rings. The summed E-state index contributed by atoms with van der Waals surface area (Å²) in [5, 5.41) is 4.31. The molecule has 1 rings (SSSR count). The summed E-state index contributed by atoms with van der Waals surface area (Å²) in [4.78, 5) is 14.7. The molecule has 0 unspecified atom stereocenters. The minimum atomic E-state index is -0.0444. The lowest BCUT2D eigenvalue weighted by Crippen LogP contribution is -2.42. The number of amides is 1. The number of rotatable bonds is 7. The number of aromatic nitrogens is 2. The van der Waals surface area contributed by atoms with Gasteiger partial charge in [-0.05, 0) is 25.7 Å². The van der Waals surface area contributed by atoms with E-state index in [4.69, 9.17) is 5.73 Å². The number of nitrogens with two attached hydrogens (primary N) is 1. The molecule has 0 aliphatic rings. The highest BCUT2D eigenvalue weighted by Gasteiger charge is 2.26. The monoisotopic (exact) mass is 280 g/mol. The summed E-state index contributed by atoms with van der Waals surface area (Å²) in [7, 11) is 0. The van der Waals surface area contributed by atoms with E-state index in [2.05, 4.69) is 32.8 Å². The second-order valence-corrected chi connectivity index (χ2v) is 5.61. The number of anilines is 1. The van der Waals surface area contributed by atoms with Gasteiger partial charge < -0.3 is 10.6 Å². The van der Waals surface area contributed by atoms with E-state index in [-0.39, 0.29) is 11.9 Å². The molecular formula is C15H28N4O. The summed E-state index contributed by atoms with van der Waals surface area (Å²) in [6, 6.07) is 0.246. The normalized spacial score (nSPS) is 11.3. The quantitative estimate of drug-likeness (QED) is 0.835. The maximum absolute atomic E-state index is 12.8. The van der Waals surface area contributed by atoms with Gasteiger partial charge in [0.2, 0.25) is 0 Å². The third-order valence-electron chi connectivity index (χ3n) is 3.52. The standard InChI is InChI=1S/C15H28N4O/c1-6-12(7-2)19(9-11(4)5)15(20)14-13(16)10-18(8-3)17-14/h10-12H,6-9,16H2,1-5H3. The van der Waals surface area contributed by atoms with Crippen molar-refractivity contribution in [3.63, 3.8) is 0 Å². The highest BCUT2D eigenvalue weighted by atomic mass is 16.2. The van der Waals surface area contributed by atoms with Crippen molar-refractivity contribution in [1.29, 1.82) is 0 Å². The number of hydrogen-bond donors (Lipinski definition) is 1. The Morgan fingerprint density at radius 1 is 1.35 bits per heavy atom. The van der Waals surface area contributed by atoms with Gasteiger partial charge >= 0.3 is 0 Å². The van der Waals surface area contributed by atoms with E-state index in [0.717, 1.165) is 19.4 Å². The number of hydrogen-bond acceptors (Lipinski definition) is 3. The minimum absolute atomic E-state index is 0.0444. The Bertz CT molecular complexity index is 435. The summed E-state index contributed by atoms with van der Waals surface area (Å²) in [6.45, 7) is 11.9. The fourth-order valence-electron chi connectivity index (χ4n) is 2.42. The molecular weight excluding hydrogens is 252 g/mol. The van der Waals surface area contributed by atoms with E-state index in [9.17, 15) is 4.79 Å². The van der Waals surface area contributed by atoms with E-state index in [1.807, 2.05) is 11.8 Å². The van der Waals surface area contributed by atoms with Crippen molar-refractivity contribution < 1.29 is 4.79 Å². The van der Waals surface area contributed by atoms with Gasteiger partial charge in [-0.15, -0.1) is 0 Å². The Kier molecular flexibility index (Phi) is 6.05. The lowest BCUT2D eigenvalue weighted by Gasteiger charge is -2.31. The summed E-state index contributed by atoms with van der Waals surface area (Å²) >= 11 is 0. The van der Waals surface area contributed by atoms with Gasteiger partial charge in [-0.3, -0.25) is 9.48 Å². The fraction of sp³-hybridized carbons (Fsp3) is 0.733. The van der Waals surface area contributed by atoms with Gasteiger partial charge in [-0.2, -0.15) is 5.10 Å². The summed E-state index contributed by atoms with van der Waals surface area (Å²) in [5.41, 5.74) is 6.80. The van der Waals surface area contributed by atoms with Crippen molar-refractivity contribution in [3.05, 3.63) is 11.9 Å². The van der Waals surface area contributed by atoms with Crippen molar-refractivity contribution in [1.82, 2.24) is 14.7 Å². The number of nitrogen functional groups attached to an aromatic ring is 1. The van der Waals surface area contributed by atoms with Crippen LogP contribution in [0.25, 0.3) is 0 Å². The first-order valence-electron chi connectivity index (χ1n) is 7.58. The van der Waals surface area contributed by atoms with Gasteiger partial charge in [0.15, 0.2) is 5.69 Å². The van der Waals surface area contributed by atoms with Gasteiger partial charge in [0.05, 0.1) is 5.69 Å². The Hall–Kier alpha value is -1.52. The SMILES string of the molecule is CCC(CC)N(CC(C)C)C(=O)c1nn(CC)cc1N. The van der Waals surface area contributed by atoms with Crippen LogP contribution in [0.2, 0.25) is 0 Å². The molecule has 0 atom stereocenters. The predicted octanol–water partition coefficient (Wildman–Crippen LogP) is 2.77. The zero-order valence-electron chi connectivity index (χ0n) is 13.4. The van der Waals surface area contributed by atoms with Crippen LogP contribution in [-0.2, 0) is 6.54 Å².